The largest absolute Gasteiger partial charge is 0.270 e. The van der Waals surface area contributed by atoms with Crippen LogP contribution in [0.15, 0.2) is 23.2 Å². The number of nitrogens with zero attached hydrogens (tertiary/aromatic N) is 1. The van der Waals surface area contributed by atoms with Gasteiger partial charge in [-0.15, -0.1) is 0 Å². The van der Waals surface area contributed by atoms with Crippen molar-refractivity contribution in [3.05, 3.63) is 29.3 Å². The smallest absolute Gasteiger partial charge is 0.258 e. The zero-order valence-electron chi connectivity index (χ0n) is 10.1. The van der Waals surface area contributed by atoms with Crippen molar-refractivity contribution in [2.45, 2.75) is 40.0 Å². The zero-order valence-corrected chi connectivity index (χ0v) is 10.1. The normalized spacial score (nSPS) is 13.0. The van der Waals surface area contributed by atoms with E-state index in [2.05, 4.69) is 4.99 Å². The Morgan fingerprint density at radius 1 is 1.38 bits per heavy atom. The Morgan fingerprint density at radius 3 is 2.50 bits per heavy atom. The molecule has 0 heterocycles. The molecular weight excluding hydrogens is 208 g/mol. The zero-order chi connectivity index (χ0) is 12.3. The van der Waals surface area contributed by atoms with Crippen molar-refractivity contribution in [3.63, 3.8) is 0 Å². The van der Waals surface area contributed by atoms with Gasteiger partial charge in [0.25, 0.3) is 5.92 Å². The number of halogens is 2. The van der Waals surface area contributed by atoms with Crippen molar-refractivity contribution in [3.8, 4) is 0 Å². The van der Waals surface area contributed by atoms with Gasteiger partial charge in [0.15, 0.2) is 0 Å². The van der Waals surface area contributed by atoms with Crippen LogP contribution in [0.25, 0.3) is 0 Å². The lowest BCUT2D eigenvalue weighted by Gasteiger charge is -2.12. The van der Waals surface area contributed by atoms with Crippen molar-refractivity contribution in [1.29, 1.82) is 0 Å². The molecule has 3 heteroatoms. The molecule has 1 aromatic rings. The molecule has 0 fully saturated rings. The molecule has 88 valence electrons. The van der Waals surface area contributed by atoms with E-state index in [0.717, 1.165) is 24.6 Å². The van der Waals surface area contributed by atoms with E-state index in [9.17, 15) is 8.78 Å². The molecule has 0 atom stereocenters. The molecule has 0 saturated carbocycles. The maximum absolute atomic E-state index is 13.1. The van der Waals surface area contributed by atoms with Gasteiger partial charge in [-0.25, -0.2) is 8.78 Å². The Morgan fingerprint density at radius 2 is 2.00 bits per heavy atom. The maximum atomic E-state index is 13.1. The second-order valence-corrected chi connectivity index (χ2v) is 4.09. The number of aliphatic imine (C=N–C) groups is 1. The topological polar surface area (TPSA) is 12.4 Å². The molecule has 0 saturated heterocycles. The van der Waals surface area contributed by atoms with E-state index in [-0.39, 0.29) is 5.56 Å². The Hall–Kier alpha value is -1.25. The van der Waals surface area contributed by atoms with E-state index in [1.165, 1.54) is 12.1 Å². The highest BCUT2D eigenvalue weighted by Crippen LogP contribution is 2.31. The minimum Gasteiger partial charge on any atom is -0.258 e. The van der Waals surface area contributed by atoms with Gasteiger partial charge in [0, 0.05) is 18.2 Å². The van der Waals surface area contributed by atoms with E-state index in [1.807, 2.05) is 20.8 Å². The molecule has 0 unspecified atom stereocenters. The third-order valence-electron chi connectivity index (χ3n) is 2.54. The summed E-state index contributed by atoms with van der Waals surface area (Å²) in [5.41, 5.74) is 2.51. The summed E-state index contributed by atoms with van der Waals surface area (Å²) in [5, 5.41) is 0. The van der Waals surface area contributed by atoms with Crippen LogP contribution in [0.2, 0.25) is 0 Å². The van der Waals surface area contributed by atoms with Crippen LogP contribution < -0.4 is 0 Å². The van der Waals surface area contributed by atoms with Gasteiger partial charge in [0.1, 0.15) is 0 Å². The molecule has 0 amide bonds. The highest BCUT2D eigenvalue weighted by atomic mass is 19.3. The number of benzene rings is 1. The molecule has 0 aliphatic rings. The number of aryl methyl sites for hydroxylation is 1. The first kappa shape index (κ1) is 12.8. The molecule has 0 aliphatic heterocycles. The summed E-state index contributed by atoms with van der Waals surface area (Å²) in [7, 11) is 0. The summed E-state index contributed by atoms with van der Waals surface area (Å²) in [6.07, 6.45) is 0.826. The lowest BCUT2D eigenvalue weighted by atomic mass is 10.1. The quantitative estimate of drug-likeness (QED) is 0.666. The van der Waals surface area contributed by atoms with Crippen molar-refractivity contribution in [1.82, 2.24) is 0 Å². The van der Waals surface area contributed by atoms with Gasteiger partial charge in [-0.2, -0.15) is 0 Å². The van der Waals surface area contributed by atoms with Gasteiger partial charge in [0.2, 0.25) is 0 Å². The Labute approximate surface area is 95.2 Å². The second kappa shape index (κ2) is 4.73. The third-order valence-corrected chi connectivity index (χ3v) is 2.54. The van der Waals surface area contributed by atoms with Gasteiger partial charge >= 0.3 is 0 Å². The predicted molar refractivity (Wildman–Crippen MR) is 63.8 cm³/mol. The molecular formula is C13H17F2N. The first-order chi connectivity index (χ1) is 7.34. The highest BCUT2D eigenvalue weighted by molar-refractivity contribution is 5.84. The fourth-order valence-electron chi connectivity index (χ4n) is 1.29. The fraction of sp³-hybridized carbons (Fsp3) is 0.462. The van der Waals surface area contributed by atoms with Crippen molar-refractivity contribution >= 4 is 11.4 Å². The Kier molecular flexibility index (Phi) is 3.79. The molecule has 1 rings (SSSR count). The van der Waals surface area contributed by atoms with Crippen LogP contribution in [-0.4, -0.2) is 5.71 Å². The molecule has 0 aliphatic carbocycles. The standard InChI is InChI=1S/C13H17F2N/c1-5-10(3)16-12-8-11(13(4,14)15)7-6-9(12)2/h6-8H,5H2,1-4H3. The Balaban J connectivity index is 3.19. The average Bonchev–Trinajstić information content (AvgIpc) is 2.19. The molecule has 1 nitrogen and oxygen atoms in total. The summed E-state index contributed by atoms with van der Waals surface area (Å²) in [5.74, 6) is -2.81. The second-order valence-electron chi connectivity index (χ2n) is 4.09. The molecule has 0 radical (unpaired) electrons. The van der Waals surface area contributed by atoms with Gasteiger partial charge in [-0.1, -0.05) is 19.1 Å². The fourth-order valence-corrected chi connectivity index (χ4v) is 1.29. The predicted octanol–water partition coefficient (Wildman–Crippen LogP) is 4.61. The van der Waals surface area contributed by atoms with Crippen molar-refractivity contribution in [2.24, 2.45) is 4.99 Å². The number of hydrogen-bond donors (Lipinski definition) is 0. The van der Waals surface area contributed by atoms with Crippen LogP contribution in [-0.2, 0) is 5.92 Å². The van der Waals surface area contributed by atoms with E-state index >= 15 is 0 Å². The van der Waals surface area contributed by atoms with Gasteiger partial charge in [0.05, 0.1) is 5.69 Å². The summed E-state index contributed by atoms with van der Waals surface area (Å²) in [4.78, 5) is 4.33. The van der Waals surface area contributed by atoms with Crippen molar-refractivity contribution in [2.75, 3.05) is 0 Å². The summed E-state index contributed by atoms with van der Waals surface area (Å²) in [6, 6.07) is 4.61. The van der Waals surface area contributed by atoms with E-state index in [4.69, 9.17) is 0 Å². The van der Waals surface area contributed by atoms with Crippen LogP contribution >= 0.6 is 0 Å². The molecule has 0 aromatic heterocycles. The maximum Gasteiger partial charge on any atom is 0.270 e. The van der Waals surface area contributed by atoms with Crippen LogP contribution in [0, 0.1) is 6.92 Å². The van der Waals surface area contributed by atoms with Gasteiger partial charge in [-0.05, 0) is 31.9 Å². The molecule has 0 N–H and O–H groups in total. The molecule has 16 heavy (non-hydrogen) atoms. The minimum atomic E-state index is -2.81. The highest BCUT2D eigenvalue weighted by Gasteiger charge is 2.24. The van der Waals surface area contributed by atoms with Crippen LogP contribution in [0.5, 0.6) is 0 Å². The van der Waals surface area contributed by atoms with Crippen molar-refractivity contribution < 1.29 is 8.78 Å². The van der Waals surface area contributed by atoms with E-state index in [1.54, 1.807) is 6.07 Å². The minimum absolute atomic E-state index is 0.0146. The first-order valence-corrected chi connectivity index (χ1v) is 5.37. The third kappa shape index (κ3) is 3.12. The lowest BCUT2D eigenvalue weighted by Crippen LogP contribution is -2.06. The molecule has 1 aromatic carbocycles. The summed E-state index contributed by atoms with van der Waals surface area (Å²) < 4.78 is 26.3. The van der Waals surface area contributed by atoms with Gasteiger partial charge in [-0.3, -0.25) is 4.99 Å². The van der Waals surface area contributed by atoms with Crippen LogP contribution in [0.4, 0.5) is 14.5 Å². The number of rotatable bonds is 3. The average molecular weight is 225 g/mol. The van der Waals surface area contributed by atoms with E-state index in [0.29, 0.717) is 5.69 Å². The molecule has 0 bridgehead atoms. The van der Waals surface area contributed by atoms with Gasteiger partial charge < -0.3 is 0 Å². The first-order valence-electron chi connectivity index (χ1n) is 5.37. The van der Waals surface area contributed by atoms with E-state index < -0.39 is 5.92 Å². The monoisotopic (exact) mass is 225 g/mol. The Bertz CT molecular complexity index is 403. The number of hydrogen-bond acceptors (Lipinski definition) is 1. The van der Waals surface area contributed by atoms with Crippen LogP contribution in [0.3, 0.4) is 0 Å². The summed E-state index contributed by atoms with van der Waals surface area (Å²) >= 11 is 0. The summed E-state index contributed by atoms with van der Waals surface area (Å²) in [6.45, 7) is 6.67. The number of alkyl halides is 2. The SMILES string of the molecule is CCC(C)=Nc1cc(C(C)(F)F)ccc1C. The lowest BCUT2D eigenvalue weighted by molar-refractivity contribution is 0.0175. The van der Waals surface area contributed by atoms with Crippen LogP contribution in [0.1, 0.15) is 38.3 Å². The molecule has 0 spiro atoms.